The molecular formula is C34H54N4O4. The molecule has 0 aromatic heterocycles. The van der Waals surface area contributed by atoms with Crippen molar-refractivity contribution in [2.45, 2.75) is 116 Å². The molecule has 42 heavy (non-hydrogen) atoms. The average Bonchev–Trinajstić information content (AvgIpc) is 3.00. The zero-order chi connectivity index (χ0) is 30.0. The van der Waals surface area contributed by atoms with E-state index in [9.17, 15) is 9.59 Å². The molecule has 1 unspecified atom stereocenters. The van der Waals surface area contributed by atoms with Crippen molar-refractivity contribution >= 4 is 34.3 Å². The fourth-order valence-corrected chi connectivity index (χ4v) is 5.68. The van der Waals surface area contributed by atoms with E-state index in [1.807, 2.05) is 18.2 Å². The molecule has 2 aromatic rings. The summed E-state index contributed by atoms with van der Waals surface area (Å²) in [7, 11) is 1.51. The molecule has 0 fully saturated rings. The highest BCUT2D eigenvalue weighted by atomic mass is 16.6. The van der Waals surface area contributed by atoms with Gasteiger partial charge in [-0.05, 0) is 36.4 Å². The molecule has 0 saturated heterocycles. The Morgan fingerprint density at radius 1 is 0.714 bits per heavy atom. The molecule has 2 aromatic carbocycles. The quantitative estimate of drug-likeness (QED) is 0.117. The summed E-state index contributed by atoms with van der Waals surface area (Å²) in [5.74, 6) is 0. The monoisotopic (exact) mass is 582 g/mol. The third-order valence-corrected chi connectivity index (χ3v) is 8.16. The van der Waals surface area contributed by atoms with Crippen molar-refractivity contribution in [2.24, 2.45) is 0 Å². The number of benzene rings is 2. The van der Waals surface area contributed by atoms with Crippen LogP contribution in [0.3, 0.4) is 0 Å². The van der Waals surface area contributed by atoms with Crippen LogP contribution in [-0.2, 0) is 9.47 Å². The molecule has 1 atom stereocenters. The largest absolute Gasteiger partial charge is 0.445 e. The predicted molar refractivity (Wildman–Crippen MR) is 173 cm³/mol. The summed E-state index contributed by atoms with van der Waals surface area (Å²) < 4.78 is 11.0. The lowest BCUT2D eigenvalue weighted by Crippen LogP contribution is -2.56. The maximum atomic E-state index is 12.5. The number of amides is 2. The standard InChI is InChI=1S/C34H54N4O4/c1-4-5-6-7-8-9-10-11-12-13-14-15-16-17-18-24-36-33(40)42-26-34(25-41-32(39)35-3)37-29-21-19-20-28-27(2)22-23-30(38-34)31(28)29/h19-23,37-38H,4-18,24-26H2,1-3H3,(H,35,39)(H,36,40). The lowest BCUT2D eigenvalue weighted by Gasteiger charge is -2.40. The van der Waals surface area contributed by atoms with Crippen LogP contribution in [0.25, 0.3) is 10.8 Å². The molecule has 0 spiro atoms. The summed E-state index contributed by atoms with van der Waals surface area (Å²) in [6, 6.07) is 10.1. The van der Waals surface area contributed by atoms with E-state index in [0.29, 0.717) is 6.54 Å². The van der Waals surface area contributed by atoms with Crippen LogP contribution in [0.1, 0.15) is 109 Å². The molecule has 0 radical (unpaired) electrons. The van der Waals surface area contributed by atoms with E-state index in [2.05, 4.69) is 47.2 Å². The minimum atomic E-state index is -1.00. The van der Waals surface area contributed by atoms with E-state index >= 15 is 0 Å². The molecular weight excluding hydrogens is 528 g/mol. The summed E-state index contributed by atoms with van der Waals surface area (Å²) in [5, 5.41) is 14.4. The second kappa shape index (κ2) is 18.4. The van der Waals surface area contributed by atoms with E-state index < -0.39 is 17.8 Å². The summed E-state index contributed by atoms with van der Waals surface area (Å²) in [6.07, 6.45) is 18.6. The van der Waals surface area contributed by atoms with Gasteiger partial charge >= 0.3 is 12.2 Å². The Kier molecular flexibility index (Phi) is 14.6. The molecule has 3 rings (SSSR count). The average molecular weight is 583 g/mol. The maximum Gasteiger partial charge on any atom is 0.407 e. The van der Waals surface area contributed by atoms with Crippen LogP contribution in [-0.4, -0.2) is 44.7 Å². The number of aryl methyl sites for hydroxylation is 1. The number of unbranched alkanes of at least 4 members (excludes halogenated alkanes) is 14. The zero-order valence-corrected chi connectivity index (χ0v) is 26.2. The van der Waals surface area contributed by atoms with Gasteiger partial charge in [-0.2, -0.15) is 0 Å². The van der Waals surface area contributed by atoms with Gasteiger partial charge in [0.2, 0.25) is 0 Å². The van der Waals surface area contributed by atoms with Crippen molar-refractivity contribution in [3.63, 3.8) is 0 Å². The first-order chi connectivity index (χ1) is 20.5. The molecule has 234 valence electrons. The van der Waals surface area contributed by atoms with Crippen molar-refractivity contribution in [3.05, 3.63) is 35.9 Å². The Balaban J connectivity index is 1.31. The van der Waals surface area contributed by atoms with Gasteiger partial charge in [0.1, 0.15) is 13.2 Å². The lowest BCUT2D eigenvalue weighted by atomic mass is 9.97. The van der Waals surface area contributed by atoms with Crippen LogP contribution in [0, 0.1) is 6.92 Å². The van der Waals surface area contributed by atoms with Gasteiger partial charge in [-0.15, -0.1) is 0 Å². The number of hydrogen-bond acceptors (Lipinski definition) is 6. The lowest BCUT2D eigenvalue weighted by molar-refractivity contribution is 0.0880. The van der Waals surface area contributed by atoms with Crippen molar-refractivity contribution in [1.82, 2.24) is 10.6 Å². The molecule has 0 aliphatic carbocycles. The summed E-state index contributed by atoms with van der Waals surface area (Å²) >= 11 is 0. The molecule has 8 nitrogen and oxygen atoms in total. The Bertz CT molecular complexity index is 1090. The van der Waals surface area contributed by atoms with E-state index in [4.69, 9.17) is 9.47 Å². The van der Waals surface area contributed by atoms with Crippen LogP contribution < -0.4 is 21.3 Å². The first kappa shape index (κ1) is 33.3. The molecule has 1 aliphatic heterocycles. The normalized spacial score (nSPS) is 15.5. The number of nitrogens with one attached hydrogen (secondary N) is 4. The first-order valence-electron chi connectivity index (χ1n) is 16.3. The smallest absolute Gasteiger partial charge is 0.407 e. The fourth-order valence-electron chi connectivity index (χ4n) is 5.68. The Morgan fingerprint density at radius 2 is 1.24 bits per heavy atom. The number of carbonyl (C=O) groups is 2. The number of ether oxygens (including phenoxy) is 2. The van der Waals surface area contributed by atoms with E-state index in [0.717, 1.165) is 35.0 Å². The van der Waals surface area contributed by atoms with Gasteiger partial charge in [0.25, 0.3) is 0 Å². The zero-order valence-electron chi connectivity index (χ0n) is 26.2. The SMILES string of the molecule is CCCCCCCCCCCCCCCCCNC(=O)OCC1(COC(=O)NC)Nc2cccc3c(C)ccc(c23)N1. The predicted octanol–water partition coefficient (Wildman–Crippen LogP) is 8.64. The summed E-state index contributed by atoms with van der Waals surface area (Å²) in [5.41, 5.74) is 1.96. The van der Waals surface area contributed by atoms with Crippen LogP contribution in [0.4, 0.5) is 21.0 Å². The van der Waals surface area contributed by atoms with Gasteiger partial charge in [-0.3, -0.25) is 0 Å². The van der Waals surface area contributed by atoms with Gasteiger partial charge in [0.05, 0.1) is 0 Å². The first-order valence-corrected chi connectivity index (χ1v) is 16.3. The van der Waals surface area contributed by atoms with Crippen molar-refractivity contribution in [3.8, 4) is 0 Å². The van der Waals surface area contributed by atoms with Crippen LogP contribution in [0.2, 0.25) is 0 Å². The van der Waals surface area contributed by atoms with Crippen molar-refractivity contribution < 1.29 is 19.1 Å². The summed E-state index contributed by atoms with van der Waals surface area (Å²) in [6.45, 7) is 4.86. The van der Waals surface area contributed by atoms with E-state index in [-0.39, 0.29) is 13.2 Å². The second-order valence-corrected chi connectivity index (χ2v) is 11.8. The Labute approximate surface area is 253 Å². The fraction of sp³-hybridized carbons (Fsp3) is 0.647. The molecule has 0 saturated carbocycles. The number of alkyl carbamates (subject to hydrolysis) is 2. The number of anilines is 2. The van der Waals surface area contributed by atoms with Crippen LogP contribution in [0.5, 0.6) is 0 Å². The van der Waals surface area contributed by atoms with Crippen LogP contribution >= 0.6 is 0 Å². The summed E-state index contributed by atoms with van der Waals surface area (Å²) in [4.78, 5) is 24.4. The second-order valence-electron chi connectivity index (χ2n) is 11.8. The molecule has 4 N–H and O–H groups in total. The highest BCUT2D eigenvalue weighted by molar-refractivity contribution is 6.06. The Morgan fingerprint density at radius 3 is 1.81 bits per heavy atom. The molecule has 1 aliphatic rings. The Hall–Kier alpha value is -3.16. The minimum absolute atomic E-state index is 0.0294. The topological polar surface area (TPSA) is 101 Å². The molecule has 1 heterocycles. The maximum absolute atomic E-state index is 12.5. The van der Waals surface area contributed by atoms with E-state index in [1.165, 1.54) is 96.1 Å². The number of rotatable bonds is 20. The van der Waals surface area contributed by atoms with Gasteiger partial charge in [-0.1, -0.05) is 115 Å². The van der Waals surface area contributed by atoms with Crippen LogP contribution in [0.15, 0.2) is 30.3 Å². The van der Waals surface area contributed by atoms with Gasteiger partial charge in [0.15, 0.2) is 5.66 Å². The minimum Gasteiger partial charge on any atom is -0.445 e. The van der Waals surface area contributed by atoms with Gasteiger partial charge in [-0.25, -0.2) is 9.59 Å². The van der Waals surface area contributed by atoms with E-state index in [1.54, 1.807) is 0 Å². The molecule has 0 bridgehead atoms. The number of hydrogen-bond donors (Lipinski definition) is 4. The highest BCUT2D eigenvalue weighted by Crippen LogP contribution is 2.39. The molecule has 2 amide bonds. The molecule has 8 heteroatoms. The van der Waals surface area contributed by atoms with Gasteiger partial charge in [0, 0.05) is 30.4 Å². The third-order valence-electron chi connectivity index (χ3n) is 8.16. The van der Waals surface area contributed by atoms with Crippen molar-refractivity contribution in [2.75, 3.05) is 37.4 Å². The third kappa shape index (κ3) is 10.9. The highest BCUT2D eigenvalue weighted by Gasteiger charge is 2.38. The van der Waals surface area contributed by atoms with Crippen molar-refractivity contribution in [1.29, 1.82) is 0 Å². The number of carbonyl (C=O) groups excluding carboxylic acids is 2. The van der Waals surface area contributed by atoms with Gasteiger partial charge < -0.3 is 30.7 Å².